The van der Waals surface area contributed by atoms with E-state index in [4.69, 9.17) is 4.74 Å². The van der Waals surface area contributed by atoms with Crippen LogP contribution in [0.3, 0.4) is 0 Å². The first-order valence-corrected chi connectivity index (χ1v) is 10.1. The summed E-state index contributed by atoms with van der Waals surface area (Å²) in [4.78, 5) is 27.4. The van der Waals surface area contributed by atoms with Crippen molar-refractivity contribution in [1.82, 2.24) is 0 Å². The fraction of sp³-hybridized carbons (Fsp3) is 0.364. The first-order valence-electron chi connectivity index (χ1n) is 9.26. The van der Waals surface area contributed by atoms with Gasteiger partial charge in [-0.3, -0.25) is 9.59 Å². The second-order valence-corrected chi connectivity index (χ2v) is 8.29. The standard InChI is InChI=1S/C22H22BrNO3/c1-14(25)16-11-18-20(19(23)12-16)24(21(26)22(18)9-3-4-10-22)13-15-5-7-17(27-2)8-6-15/h5-8,11-12H,3-4,9-10,13H2,1-2H3. The highest BCUT2D eigenvalue weighted by Gasteiger charge is 2.52. The molecule has 1 saturated carbocycles. The fourth-order valence-corrected chi connectivity index (χ4v) is 5.12. The number of methoxy groups -OCH3 is 1. The van der Waals surface area contributed by atoms with E-state index in [2.05, 4.69) is 15.9 Å². The van der Waals surface area contributed by atoms with Gasteiger partial charge < -0.3 is 9.64 Å². The summed E-state index contributed by atoms with van der Waals surface area (Å²) >= 11 is 3.63. The number of amides is 1. The van der Waals surface area contributed by atoms with E-state index in [1.54, 1.807) is 14.0 Å². The van der Waals surface area contributed by atoms with Crippen molar-refractivity contribution in [3.63, 3.8) is 0 Å². The third-order valence-electron chi connectivity index (χ3n) is 5.87. The lowest BCUT2D eigenvalue weighted by Gasteiger charge is -2.23. The van der Waals surface area contributed by atoms with Crippen LogP contribution in [-0.2, 0) is 16.8 Å². The molecule has 0 saturated heterocycles. The van der Waals surface area contributed by atoms with Crippen LogP contribution in [0.25, 0.3) is 0 Å². The summed E-state index contributed by atoms with van der Waals surface area (Å²) in [5.41, 5.74) is 3.16. The van der Waals surface area contributed by atoms with Crippen LogP contribution in [0.4, 0.5) is 5.69 Å². The average Bonchev–Trinajstić information content (AvgIpc) is 3.24. The molecule has 2 aromatic carbocycles. The predicted octanol–water partition coefficient (Wildman–Crippen LogP) is 5.02. The minimum absolute atomic E-state index is 0.0210. The van der Waals surface area contributed by atoms with Gasteiger partial charge in [0, 0.05) is 10.0 Å². The molecule has 1 spiro atoms. The largest absolute Gasteiger partial charge is 0.497 e. The van der Waals surface area contributed by atoms with Crippen LogP contribution in [0.2, 0.25) is 0 Å². The molecule has 4 nitrogen and oxygen atoms in total. The van der Waals surface area contributed by atoms with Crippen LogP contribution < -0.4 is 9.64 Å². The van der Waals surface area contributed by atoms with Crippen molar-refractivity contribution in [3.8, 4) is 5.75 Å². The molecule has 0 unspecified atom stereocenters. The number of hydrogen-bond donors (Lipinski definition) is 0. The van der Waals surface area contributed by atoms with Gasteiger partial charge in [0.05, 0.1) is 24.8 Å². The highest BCUT2D eigenvalue weighted by Crippen LogP contribution is 2.54. The molecule has 140 valence electrons. The number of hydrogen-bond acceptors (Lipinski definition) is 3. The number of carbonyl (C=O) groups is 2. The number of fused-ring (bicyclic) bond motifs is 2. The predicted molar refractivity (Wildman–Crippen MR) is 108 cm³/mol. The lowest BCUT2D eigenvalue weighted by molar-refractivity contribution is -0.123. The summed E-state index contributed by atoms with van der Waals surface area (Å²) in [6.45, 7) is 2.08. The number of carbonyl (C=O) groups excluding carboxylic acids is 2. The molecule has 1 amide bonds. The van der Waals surface area contributed by atoms with E-state index in [9.17, 15) is 9.59 Å². The summed E-state index contributed by atoms with van der Waals surface area (Å²) in [6.07, 6.45) is 3.80. The molecule has 2 aliphatic rings. The van der Waals surface area contributed by atoms with Crippen LogP contribution in [0.1, 0.15) is 54.1 Å². The molecule has 2 aromatic rings. The SMILES string of the molecule is COc1ccc(CN2C(=O)C3(CCCC3)c3cc(C(C)=O)cc(Br)c32)cc1. The smallest absolute Gasteiger partial charge is 0.238 e. The van der Waals surface area contributed by atoms with E-state index in [1.165, 1.54) is 0 Å². The van der Waals surface area contributed by atoms with Crippen molar-refractivity contribution in [1.29, 1.82) is 0 Å². The third-order valence-corrected chi connectivity index (χ3v) is 6.47. The van der Waals surface area contributed by atoms with Gasteiger partial charge in [0.15, 0.2) is 5.78 Å². The third kappa shape index (κ3) is 2.89. The molecule has 0 atom stereocenters. The Kier molecular flexibility index (Phi) is 4.58. The Balaban J connectivity index is 1.80. The molecule has 0 radical (unpaired) electrons. The second kappa shape index (κ2) is 6.79. The van der Waals surface area contributed by atoms with E-state index in [1.807, 2.05) is 41.3 Å². The Bertz CT molecular complexity index is 914. The number of halogens is 1. The Morgan fingerprint density at radius 2 is 1.85 bits per heavy atom. The van der Waals surface area contributed by atoms with E-state index < -0.39 is 5.41 Å². The molecule has 27 heavy (non-hydrogen) atoms. The number of nitrogens with zero attached hydrogens (tertiary/aromatic N) is 1. The molecule has 1 aliphatic heterocycles. The Hall–Kier alpha value is -2.14. The summed E-state index contributed by atoms with van der Waals surface area (Å²) in [5.74, 6) is 0.978. The number of ketones is 1. The second-order valence-electron chi connectivity index (χ2n) is 7.44. The Morgan fingerprint density at radius 3 is 2.44 bits per heavy atom. The maximum atomic E-state index is 13.5. The molecular weight excluding hydrogens is 406 g/mol. The van der Waals surface area contributed by atoms with Gasteiger partial charge in [-0.1, -0.05) is 25.0 Å². The van der Waals surface area contributed by atoms with Gasteiger partial charge in [-0.25, -0.2) is 0 Å². The summed E-state index contributed by atoms with van der Waals surface area (Å²) in [6, 6.07) is 11.6. The molecule has 4 rings (SSSR count). The zero-order valence-corrected chi connectivity index (χ0v) is 17.1. The summed E-state index contributed by atoms with van der Waals surface area (Å²) in [7, 11) is 1.64. The first-order chi connectivity index (χ1) is 13.0. The molecule has 5 heteroatoms. The van der Waals surface area contributed by atoms with Crippen molar-refractivity contribution in [2.75, 3.05) is 12.0 Å². The zero-order valence-electron chi connectivity index (χ0n) is 15.5. The topological polar surface area (TPSA) is 46.6 Å². The van der Waals surface area contributed by atoms with Gasteiger partial charge in [-0.05, 0) is 71.1 Å². The summed E-state index contributed by atoms with van der Waals surface area (Å²) in [5, 5.41) is 0. The van der Waals surface area contributed by atoms with Gasteiger partial charge in [0.2, 0.25) is 5.91 Å². The van der Waals surface area contributed by atoms with Gasteiger partial charge in [0.1, 0.15) is 5.75 Å². The molecule has 0 bridgehead atoms. The van der Waals surface area contributed by atoms with E-state index in [-0.39, 0.29) is 11.7 Å². The first kappa shape index (κ1) is 18.2. The van der Waals surface area contributed by atoms with Crippen LogP contribution in [0, 0.1) is 0 Å². The lowest BCUT2D eigenvalue weighted by atomic mass is 9.79. The molecule has 1 aliphatic carbocycles. The van der Waals surface area contributed by atoms with Gasteiger partial charge in [-0.15, -0.1) is 0 Å². The number of ether oxygens (including phenoxy) is 1. The molecular formula is C22H22BrNO3. The molecule has 0 aromatic heterocycles. The van der Waals surface area contributed by atoms with Crippen molar-refractivity contribution in [2.45, 2.75) is 44.6 Å². The van der Waals surface area contributed by atoms with Gasteiger partial charge >= 0.3 is 0 Å². The van der Waals surface area contributed by atoms with E-state index >= 15 is 0 Å². The van der Waals surface area contributed by atoms with Crippen LogP contribution in [0.15, 0.2) is 40.9 Å². The summed E-state index contributed by atoms with van der Waals surface area (Å²) < 4.78 is 6.04. The lowest BCUT2D eigenvalue weighted by Crippen LogP contribution is -2.38. The van der Waals surface area contributed by atoms with E-state index in [0.29, 0.717) is 12.1 Å². The van der Waals surface area contributed by atoms with E-state index in [0.717, 1.165) is 52.7 Å². The monoisotopic (exact) mass is 427 g/mol. The Morgan fingerprint density at radius 1 is 1.19 bits per heavy atom. The van der Waals surface area contributed by atoms with Gasteiger partial charge in [-0.2, -0.15) is 0 Å². The van der Waals surface area contributed by atoms with Crippen LogP contribution >= 0.6 is 15.9 Å². The maximum Gasteiger partial charge on any atom is 0.238 e. The molecule has 0 N–H and O–H groups in total. The van der Waals surface area contributed by atoms with Crippen molar-refractivity contribution < 1.29 is 14.3 Å². The van der Waals surface area contributed by atoms with Crippen molar-refractivity contribution >= 4 is 33.3 Å². The van der Waals surface area contributed by atoms with Crippen LogP contribution in [0.5, 0.6) is 5.75 Å². The minimum Gasteiger partial charge on any atom is -0.497 e. The highest BCUT2D eigenvalue weighted by atomic mass is 79.9. The number of Topliss-reactive ketones (excluding diaryl/α,β-unsaturated/α-hetero) is 1. The normalized spacial score (nSPS) is 17.4. The highest BCUT2D eigenvalue weighted by molar-refractivity contribution is 9.10. The zero-order chi connectivity index (χ0) is 19.2. The Labute approximate surface area is 167 Å². The number of benzene rings is 2. The molecule has 1 heterocycles. The maximum absolute atomic E-state index is 13.5. The minimum atomic E-state index is -0.476. The quantitative estimate of drug-likeness (QED) is 0.643. The van der Waals surface area contributed by atoms with Crippen LogP contribution in [-0.4, -0.2) is 18.8 Å². The number of anilines is 1. The fourth-order valence-electron chi connectivity index (χ4n) is 4.44. The van der Waals surface area contributed by atoms with Crippen molar-refractivity contribution in [3.05, 3.63) is 57.6 Å². The average molecular weight is 428 g/mol. The number of rotatable bonds is 4. The van der Waals surface area contributed by atoms with Crippen molar-refractivity contribution in [2.24, 2.45) is 0 Å². The molecule has 1 fully saturated rings. The van der Waals surface area contributed by atoms with Gasteiger partial charge in [0.25, 0.3) is 0 Å².